The average Bonchev–Trinajstić information content (AvgIpc) is 2.69. The summed E-state index contributed by atoms with van der Waals surface area (Å²) in [7, 11) is 3.56. The molecule has 0 spiro atoms. The molecule has 144 valence electrons. The predicted octanol–water partition coefficient (Wildman–Crippen LogP) is 3.34. The Kier molecular flexibility index (Phi) is 8.98. The zero-order valence-corrected chi connectivity index (χ0v) is 16.6. The van der Waals surface area contributed by atoms with Crippen molar-refractivity contribution in [2.45, 2.75) is 49.5 Å². The Bertz CT molecular complexity index is 588. The van der Waals surface area contributed by atoms with Gasteiger partial charge < -0.3 is 15.0 Å². The van der Waals surface area contributed by atoms with Crippen LogP contribution < -0.4 is 5.32 Å². The maximum Gasteiger partial charge on any atom is 0.252 e. The van der Waals surface area contributed by atoms with Gasteiger partial charge in [0.1, 0.15) is 0 Å². The van der Waals surface area contributed by atoms with Crippen LogP contribution in [0, 0.1) is 0 Å². The number of carbonyl (C=O) groups is 2. The minimum Gasteiger partial charge on any atom is -0.385 e. The summed E-state index contributed by atoms with van der Waals surface area (Å²) in [4.78, 5) is 27.7. The van der Waals surface area contributed by atoms with Crippen molar-refractivity contribution in [3.63, 3.8) is 0 Å². The Balaban J connectivity index is 1.88. The third-order valence-electron chi connectivity index (χ3n) is 4.81. The van der Waals surface area contributed by atoms with Crippen LogP contribution in [0.3, 0.4) is 0 Å². The van der Waals surface area contributed by atoms with Crippen molar-refractivity contribution in [3.8, 4) is 0 Å². The van der Waals surface area contributed by atoms with Crippen LogP contribution in [0.2, 0.25) is 0 Å². The molecule has 0 saturated heterocycles. The standard InChI is InChI=1S/C20H30N2O3S/c1-22(16-9-4-3-5-10-16)19(23)15-26-18-12-7-6-11-17(18)20(24)21-13-8-14-25-2/h6-7,11-12,16H,3-5,8-10,13-15H2,1-2H3,(H,21,24). The molecule has 26 heavy (non-hydrogen) atoms. The Labute approximate surface area is 160 Å². The van der Waals surface area contributed by atoms with Crippen molar-refractivity contribution >= 4 is 23.6 Å². The quantitative estimate of drug-likeness (QED) is 0.529. The first kappa shape index (κ1) is 20.8. The number of nitrogens with zero attached hydrogens (tertiary/aromatic N) is 1. The van der Waals surface area contributed by atoms with Crippen LogP contribution in [-0.2, 0) is 9.53 Å². The highest BCUT2D eigenvalue weighted by atomic mass is 32.2. The molecule has 1 fully saturated rings. The lowest BCUT2D eigenvalue weighted by molar-refractivity contribution is -0.129. The van der Waals surface area contributed by atoms with E-state index in [1.807, 2.05) is 36.2 Å². The normalized spacial score (nSPS) is 14.8. The Hall–Kier alpha value is -1.53. The van der Waals surface area contributed by atoms with Crippen molar-refractivity contribution in [2.24, 2.45) is 0 Å². The highest BCUT2D eigenvalue weighted by Crippen LogP contribution is 2.25. The summed E-state index contributed by atoms with van der Waals surface area (Å²) in [6.07, 6.45) is 6.69. The first-order valence-corrected chi connectivity index (χ1v) is 10.4. The lowest BCUT2D eigenvalue weighted by atomic mass is 9.94. The zero-order chi connectivity index (χ0) is 18.8. The fourth-order valence-corrected chi connectivity index (χ4v) is 4.18. The molecule has 0 unspecified atom stereocenters. The summed E-state index contributed by atoms with van der Waals surface area (Å²) < 4.78 is 4.99. The van der Waals surface area contributed by atoms with Gasteiger partial charge >= 0.3 is 0 Å². The molecule has 1 aromatic rings. The van der Waals surface area contributed by atoms with E-state index in [1.165, 1.54) is 31.0 Å². The molecule has 0 aromatic heterocycles. The van der Waals surface area contributed by atoms with Gasteiger partial charge in [0, 0.05) is 38.2 Å². The summed E-state index contributed by atoms with van der Waals surface area (Å²) in [5.41, 5.74) is 0.628. The Morgan fingerprint density at radius 3 is 2.69 bits per heavy atom. The maximum absolute atomic E-state index is 12.5. The largest absolute Gasteiger partial charge is 0.385 e. The van der Waals surface area contributed by atoms with Crippen molar-refractivity contribution < 1.29 is 14.3 Å². The summed E-state index contributed by atoms with van der Waals surface area (Å²) in [5.74, 6) is 0.399. The second-order valence-electron chi connectivity index (χ2n) is 6.68. The van der Waals surface area contributed by atoms with Gasteiger partial charge in [-0.1, -0.05) is 31.4 Å². The highest BCUT2D eigenvalue weighted by molar-refractivity contribution is 8.00. The molecule has 1 aromatic carbocycles. The van der Waals surface area contributed by atoms with E-state index < -0.39 is 0 Å². The number of thioether (sulfide) groups is 1. The van der Waals surface area contributed by atoms with Gasteiger partial charge in [-0.25, -0.2) is 0 Å². The van der Waals surface area contributed by atoms with E-state index >= 15 is 0 Å². The molecule has 1 aliphatic rings. The van der Waals surface area contributed by atoms with Crippen LogP contribution in [0.4, 0.5) is 0 Å². The molecule has 2 rings (SSSR count). The predicted molar refractivity (Wildman–Crippen MR) is 106 cm³/mol. The lowest BCUT2D eigenvalue weighted by Gasteiger charge is -2.31. The molecule has 0 heterocycles. The van der Waals surface area contributed by atoms with Gasteiger partial charge in [0.25, 0.3) is 5.91 Å². The van der Waals surface area contributed by atoms with Gasteiger partial charge in [0.15, 0.2) is 0 Å². The van der Waals surface area contributed by atoms with Gasteiger partial charge in [-0.3, -0.25) is 9.59 Å². The monoisotopic (exact) mass is 378 g/mol. The molecule has 0 atom stereocenters. The Morgan fingerprint density at radius 1 is 1.23 bits per heavy atom. The first-order chi connectivity index (χ1) is 12.6. The maximum atomic E-state index is 12.5. The van der Waals surface area contributed by atoms with Gasteiger partial charge in [0.05, 0.1) is 11.3 Å². The second kappa shape index (κ2) is 11.2. The third kappa shape index (κ3) is 6.32. The summed E-state index contributed by atoms with van der Waals surface area (Å²) >= 11 is 1.44. The molecule has 1 N–H and O–H groups in total. The van der Waals surface area contributed by atoms with Crippen LogP contribution in [0.25, 0.3) is 0 Å². The average molecular weight is 379 g/mol. The third-order valence-corrected chi connectivity index (χ3v) is 5.87. The zero-order valence-electron chi connectivity index (χ0n) is 15.8. The van der Waals surface area contributed by atoms with Gasteiger partial charge in [-0.15, -0.1) is 11.8 Å². The minimum absolute atomic E-state index is 0.0997. The minimum atomic E-state index is -0.0997. The number of carbonyl (C=O) groups excluding carboxylic acids is 2. The number of hydrogen-bond donors (Lipinski definition) is 1. The number of benzene rings is 1. The number of ether oxygens (including phenoxy) is 1. The van der Waals surface area contributed by atoms with E-state index in [1.54, 1.807) is 7.11 Å². The lowest BCUT2D eigenvalue weighted by Crippen LogP contribution is -2.39. The van der Waals surface area contributed by atoms with Crippen LogP contribution in [0.15, 0.2) is 29.2 Å². The SMILES string of the molecule is COCCCNC(=O)c1ccccc1SCC(=O)N(C)C1CCCCC1. The first-order valence-electron chi connectivity index (χ1n) is 9.38. The molecular formula is C20H30N2O3S. The van der Waals surface area contributed by atoms with Crippen LogP contribution in [0.5, 0.6) is 0 Å². The van der Waals surface area contributed by atoms with E-state index in [4.69, 9.17) is 4.74 Å². The van der Waals surface area contributed by atoms with E-state index in [2.05, 4.69) is 5.32 Å². The van der Waals surface area contributed by atoms with Crippen LogP contribution in [-0.4, -0.2) is 55.8 Å². The number of amides is 2. The number of rotatable bonds is 9. The topological polar surface area (TPSA) is 58.6 Å². The van der Waals surface area contributed by atoms with Crippen molar-refractivity contribution in [1.82, 2.24) is 10.2 Å². The Morgan fingerprint density at radius 2 is 1.96 bits per heavy atom. The smallest absolute Gasteiger partial charge is 0.252 e. The molecule has 0 bridgehead atoms. The van der Waals surface area contributed by atoms with Gasteiger partial charge in [0.2, 0.25) is 5.91 Å². The van der Waals surface area contributed by atoms with Gasteiger partial charge in [-0.05, 0) is 31.4 Å². The fraction of sp³-hybridized carbons (Fsp3) is 0.600. The van der Waals surface area contributed by atoms with E-state index in [0.717, 1.165) is 24.2 Å². The molecule has 6 heteroatoms. The molecule has 0 aliphatic heterocycles. The molecule has 2 amide bonds. The molecular weight excluding hydrogens is 348 g/mol. The van der Waals surface area contributed by atoms with E-state index in [9.17, 15) is 9.59 Å². The molecule has 5 nitrogen and oxygen atoms in total. The molecule has 0 radical (unpaired) electrons. The molecule has 1 saturated carbocycles. The number of nitrogens with one attached hydrogen (secondary N) is 1. The second-order valence-corrected chi connectivity index (χ2v) is 7.70. The van der Waals surface area contributed by atoms with E-state index in [-0.39, 0.29) is 11.8 Å². The van der Waals surface area contributed by atoms with Crippen LogP contribution in [0.1, 0.15) is 48.9 Å². The highest BCUT2D eigenvalue weighted by Gasteiger charge is 2.22. The van der Waals surface area contributed by atoms with Crippen molar-refractivity contribution in [2.75, 3.05) is 33.1 Å². The summed E-state index contributed by atoms with van der Waals surface area (Å²) in [5, 5.41) is 2.91. The number of hydrogen-bond acceptors (Lipinski definition) is 4. The van der Waals surface area contributed by atoms with Crippen LogP contribution >= 0.6 is 11.8 Å². The van der Waals surface area contributed by atoms with Crippen molar-refractivity contribution in [1.29, 1.82) is 0 Å². The summed E-state index contributed by atoms with van der Waals surface area (Å²) in [6.45, 7) is 1.20. The van der Waals surface area contributed by atoms with Crippen molar-refractivity contribution in [3.05, 3.63) is 29.8 Å². The fourth-order valence-electron chi connectivity index (χ4n) is 3.21. The van der Waals surface area contributed by atoms with E-state index in [0.29, 0.717) is 30.5 Å². The van der Waals surface area contributed by atoms with Gasteiger partial charge in [-0.2, -0.15) is 0 Å². The molecule has 1 aliphatic carbocycles. The summed E-state index contributed by atoms with van der Waals surface area (Å²) in [6, 6.07) is 7.84. The number of methoxy groups -OCH3 is 1.